The molecule has 7 nitrogen and oxygen atoms in total. The molecule has 1 fully saturated rings. The van der Waals surface area contributed by atoms with Crippen LogP contribution in [0.4, 0.5) is 0 Å². The molecule has 2 aromatic rings. The van der Waals surface area contributed by atoms with E-state index in [1.54, 1.807) is 36.9 Å². The van der Waals surface area contributed by atoms with Gasteiger partial charge >= 0.3 is 5.97 Å². The van der Waals surface area contributed by atoms with Gasteiger partial charge in [-0.05, 0) is 55.8 Å². The molecule has 4 rings (SSSR count). The van der Waals surface area contributed by atoms with E-state index in [9.17, 15) is 14.4 Å². The summed E-state index contributed by atoms with van der Waals surface area (Å²) in [5, 5.41) is 0.761. The van der Waals surface area contributed by atoms with Gasteiger partial charge in [-0.15, -0.1) is 0 Å². The first-order chi connectivity index (χ1) is 18.2. The van der Waals surface area contributed by atoms with Crippen molar-refractivity contribution in [2.45, 2.75) is 39.7 Å². The lowest BCUT2D eigenvalue weighted by atomic mass is 9.83. The van der Waals surface area contributed by atoms with Crippen molar-refractivity contribution in [3.63, 3.8) is 0 Å². The second kappa shape index (κ2) is 12.3. The Kier molecular flexibility index (Phi) is 9.13. The number of piperazine rings is 1. The Labute approximate surface area is 233 Å². The van der Waals surface area contributed by atoms with Crippen LogP contribution in [0.2, 0.25) is 10.0 Å². The van der Waals surface area contributed by atoms with E-state index in [1.165, 1.54) is 0 Å². The highest BCUT2D eigenvalue weighted by Gasteiger charge is 2.37. The number of amides is 2. The number of hydrogen-bond donors (Lipinski definition) is 0. The number of likely N-dealkylation sites (N-methyl/N-ethyl adjacent to an activating group) is 1. The second-order valence-electron chi connectivity index (χ2n) is 9.56. The number of carbonyl (C=O) groups is 3. The Hall–Kier alpha value is -2.87. The van der Waals surface area contributed by atoms with Gasteiger partial charge in [0.25, 0.3) is 5.91 Å². The fourth-order valence-electron chi connectivity index (χ4n) is 5.13. The molecule has 0 aromatic heterocycles. The molecule has 1 atom stereocenters. The Morgan fingerprint density at radius 1 is 1.00 bits per heavy atom. The molecule has 0 radical (unpaired) electrons. The number of ether oxygens (including phenoxy) is 1. The molecule has 0 aliphatic carbocycles. The highest BCUT2D eigenvalue weighted by Crippen LogP contribution is 2.39. The predicted octanol–water partition coefficient (Wildman–Crippen LogP) is 5.12. The van der Waals surface area contributed by atoms with Crippen LogP contribution in [0.3, 0.4) is 0 Å². The Morgan fingerprint density at radius 2 is 1.74 bits per heavy atom. The van der Waals surface area contributed by atoms with E-state index in [1.807, 2.05) is 29.2 Å². The third kappa shape index (κ3) is 6.06. The van der Waals surface area contributed by atoms with E-state index in [0.717, 1.165) is 30.8 Å². The number of nitrogens with zero attached hydrogens (tertiary/aromatic N) is 3. The first-order valence-corrected chi connectivity index (χ1v) is 13.7. The van der Waals surface area contributed by atoms with E-state index in [4.69, 9.17) is 27.9 Å². The summed E-state index contributed by atoms with van der Waals surface area (Å²) in [6.07, 6.45) is 0.0871. The van der Waals surface area contributed by atoms with Crippen molar-refractivity contribution in [1.29, 1.82) is 0 Å². The number of benzene rings is 2. The SMILES string of the molecule is CCOC(=O)C1=C(C)N(Cc2cccc(C(=O)N3CCN(CC)CC3)c2)C(=O)CC1c1ccc(Cl)c(Cl)c1. The second-order valence-corrected chi connectivity index (χ2v) is 10.4. The summed E-state index contributed by atoms with van der Waals surface area (Å²) < 4.78 is 5.38. The zero-order chi connectivity index (χ0) is 27.4. The quantitative estimate of drug-likeness (QED) is 0.441. The molecule has 2 aromatic carbocycles. The van der Waals surface area contributed by atoms with E-state index in [-0.39, 0.29) is 31.4 Å². The van der Waals surface area contributed by atoms with Gasteiger partial charge in [-0.1, -0.05) is 48.3 Å². The largest absolute Gasteiger partial charge is 0.463 e. The number of allylic oxidation sites excluding steroid dienone is 1. The third-order valence-corrected chi connectivity index (χ3v) is 8.02. The fraction of sp³-hybridized carbons (Fsp3) is 0.414. The Morgan fingerprint density at radius 3 is 2.39 bits per heavy atom. The van der Waals surface area contributed by atoms with Gasteiger partial charge in [0.15, 0.2) is 0 Å². The molecule has 0 saturated carbocycles. The summed E-state index contributed by atoms with van der Waals surface area (Å²) in [6.45, 7) is 10.2. The van der Waals surface area contributed by atoms with E-state index in [2.05, 4.69) is 11.8 Å². The minimum Gasteiger partial charge on any atom is -0.463 e. The Balaban J connectivity index is 1.60. The minimum absolute atomic E-state index is 0.00766. The average molecular weight is 559 g/mol. The maximum atomic E-state index is 13.4. The van der Waals surface area contributed by atoms with E-state index < -0.39 is 11.9 Å². The zero-order valence-electron chi connectivity index (χ0n) is 22.0. The summed E-state index contributed by atoms with van der Waals surface area (Å²) in [5.41, 5.74) is 3.09. The normalized spacial score (nSPS) is 18.7. The molecule has 0 spiro atoms. The molecule has 2 amide bonds. The van der Waals surface area contributed by atoms with Gasteiger partial charge in [0.05, 0.1) is 28.8 Å². The number of esters is 1. The lowest BCUT2D eigenvalue weighted by Gasteiger charge is -2.35. The van der Waals surface area contributed by atoms with Crippen LogP contribution in [0.1, 0.15) is 54.6 Å². The number of halogens is 2. The summed E-state index contributed by atoms with van der Waals surface area (Å²) >= 11 is 12.3. The number of carbonyl (C=O) groups excluding carboxylic acids is 3. The molecule has 1 saturated heterocycles. The minimum atomic E-state index is -0.498. The first-order valence-electron chi connectivity index (χ1n) is 13.0. The zero-order valence-corrected chi connectivity index (χ0v) is 23.5. The van der Waals surface area contributed by atoms with Gasteiger partial charge in [0.1, 0.15) is 0 Å². The van der Waals surface area contributed by atoms with Gasteiger partial charge < -0.3 is 19.4 Å². The van der Waals surface area contributed by atoms with Crippen molar-refractivity contribution in [3.05, 3.63) is 80.5 Å². The number of hydrogen-bond acceptors (Lipinski definition) is 5. The smallest absolute Gasteiger partial charge is 0.336 e. The maximum absolute atomic E-state index is 13.4. The van der Waals surface area contributed by atoms with Crippen molar-refractivity contribution >= 4 is 41.0 Å². The summed E-state index contributed by atoms with van der Waals surface area (Å²) in [5.74, 6) is -1.10. The monoisotopic (exact) mass is 557 g/mol. The highest BCUT2D eigenvalue weighted by atomic mass is 35.5. The number of rotatable bonds is 7. The lowest BCUT2D eigenvalue weighted by Crippen LogP contribution is -2.48. The van der Waals surface area contributed by atoms with Gasteiger partial charge in [0, 0.05) is 49.8 Å². The highest BCUT2D eigenvalue weighted by molar-refractivity contribution is 6.42. The molecule has 2 heterocycles. The van der Waals surface area contributed by atoms with Gasteiger partial charge in [-0.2, -0.15) is 0 Å². The van der Waals surface area contributed by atoms with Crippen molar-refractivity contribution in [2.75, 3.05) is 39.3 Å². The first kappa shape index (κ1) is 28.1. The van der Waals surface area contributed by atoms with Crippen LogP contribution in [0, 0.1) is 0 Å². The molecule has 0 bridgehead atoms. The summed E-state index contributed by atoms with van der Waals surface area (Å²) in [7, 11) is 0. The van der Waals surface area contributed by atoms with Crippen LogP contribution < -0.4 is 0 Å². The van der Waals surface area contributed by atoms with E-state index in [0.29, 0.717) is 40.0 Å². The molecule has 1 unspecified atom stereocenters. The van der Waals surface area contributed by atoms with E-state index >= 15 is 0 Å². The van der Waals surface area contributed by atoms with Crippen LogP contribution in [0.5, 0.6) is 0 Å². The topological polar surface area (TPSA) is 70.2 Å². The van der Waals surface area contributed by atoms with Crippen LogP contribution in [0.25, 0.3) is 0 Å². The maximum Gasteiger partial charge on any atom is 0.336 e. The van der Waals surface area contributed by atoms with Crippen LogP contribution >= 0.6 is 23.2 Å². The molecule has 9 heteroatoms. The lowest BCUT2D eigenvalue weighted by molar-refractivity contribution is -0.140. The van der Waals surface area contributed by atoms with Crippen molar-refractivity contribution in [3.8, 4) is 0 Å². The van der Waals surface area contributed by atoms with Gasteiger partial charge in [0.2, 0.25) is 5.91 Å². The fourth-order valence-corrected chi connectivity index (χ4v) is 5.43. The van der Waals surface area contributed by atoms with Crippen molar-refractivity contribution < 1.29 is 19.1 Å². The molecule has 2 aliphatic rings. The van der Waals surface area contributed by atoms with Gasteiger partial charge in [-0.25, -0.2) is 4.79 Å². The molecular formula is C29H33Cl2N3O4. The molecular weight excluding hydrogens is 525 g/mol. The van der Waals surface area contributed by atoms with Crippen molar-refractivity contribution in [2.24, 2.45) is 0 Å². The Bertz CT molecular complexity index is 1250. The molecule has 2 aliphatic heterocycles. The predicted molar refractivity (Wildman–Crippen MR) is 148 cm³/mol. The summed E-state index contributed by atoms with van der Waals surface area (Å²) in [6, 6.07) is 12.5. The van der Waals surface area contributed by atoms with Crippen LogP contribution in [0.15, 0.2) is 53.7 Å². The van der Waals surface area contributed by atoms with Crippen LogP contribution in [-0.4, -0.2) is 71.8 Å². The molecule has 202 valence electrons. The average Bonchev–Trinajstić information content (AvgIpc) is 2.92. The summed E-state index contributed by atoms with van der Waals surface area (Å²) in [4.78, 5) is 45.4. The molecule has 0 N–H and O–H groups in total. The van der Waals surface area contributed by atoms with Crippen LogP contribution in [-0.2, 0) is 20.9 Å². The standard InChI is InChI=1S/C29H33Cl2N3O4/c1-4-32-11-13-33(14-12-32)28(36)22-8-6-7-20(15-22)18-34-19(3)27(29(37)38-5-2)23(17-26(34)35)21-9-10-24(30)25(31)16-21/h6-10,15-16,23H,4-5,11-14,17-18H2,1-3H3. The van der Waals surface area contributed by atoms with Gasteiger partial charge in [-0.3, -0.25) is 9.59 Å². The molecule has 38 heavy (non-hydrogen) atoms. The third-order valence-electron chi connectivity index (χ3n) is 7.29. The van der Waals surface area contributed by atoms with Crippen molar-refractivity contribution in [1.82, 2.24) is 14.7 Å².